The Hall–Kier alpha value is -3.62. The van der Waals surface area contributed by atoms with Gasteiger partial charge >= 0.3 is 6.18 Å². The number of aromatic nitrogens is 3. The number of anilines is 4. The second-order valence-corrected chi connectivity index (χ2v) is 8.70. The number of amides is 1. The lowest BCUT2D eigenvalue weighted by Crippen LogP contribution is -2.22. The van der Waals surface area contributed by atoms with Gasteiger partial charge in [-0.05, 0) is 42.4 Å². The molecule has 0 radical (unpaired) electrons. The monoisotopic (exact) mass is 506 g/mol. The molecule has 0 aliphatic carbocycles. The lowest BCUT2D eigenvalue weighted by molar-refractivity contribution is -0.137. The van der Waals surface area contributed by atoms with E-state index >= 15 is 0 Å². The Labute approximate surface area is 200 Å². The van der Waals surface area contributed by atoms with Crippen molar-refractivity contribution in [2.24, 2.45) is 0 Å². The molecule has 1 aliphatic rings. The minimum absolute atomic E-state index is 0.0492. The van der Waals surface area contributed by atoms with Crippen molar-refractivity contribution in [1.29, 1.82) is 0 Å². The molecule has 10 nitrogen and oxygen atoms in total. The number of hydrogen-bond donors (Lipinski definition) is 3. The van der Waals surface area contributed by atoms with Crippen LogP contribution in [0.2, 0.25) is 0 Å². The second kappa shape index (κ2) is 9.93. The number of fused-ring (bicyclic) bond motifs is 1. The van der Waals surface area contributed by atoms with E-state index in [-0.39, 0.29) is 31.4 Å². The van der Waals surface area contributed by atoms with Gasteiger partial charge in [-0.3, -0.25) is 14.0 Å². The highest BCUT2D eigenvalue weighted by Crippen LogP contribution is 2.35. The average molecular weight is 506 g/mol. The van der Waals surface area contributed by atoms with E-state index in [4.69, 9.17) is 0 Å². The van der Waals surface area contributed by atoms with Gasteiger partial charge in [0.05, 0.1) is 18.7 Å². The van der Waals surface area contributed by atoms with Crippen molar-refractivity contribution >= 4 is 40.3 Å². The van der Waals surface area contributed by atoms with Crippen LogP contribution < -0.4 is 16.0 Å². The van der Waals surface area contributed by atoms with E-state index in [9.17, 15) is 26.7 Å². The van der Waals surface area contributed by atoms with Crippen LogP contribution in [0.4, 0.5) is 36.3 Å². The van der Waals surface area contributed by atoms with Crippen molar-refractivity contribution in [3.8, 4) is 0 Å². The molecular formula is C21H19F3N7O3S-. The standard InChI is InChI=1S/C21H20F3N7O3S/c1-31(35(33)34)11-17-12(3-2-6-25-17)9-26-19-15(21(22,23)24)10-27-20(30-19)28-14-4-5-16-13(7-14)8-18(32)29-16/h2-7,10H,8-9,11H2,1H3,(H,29,32)(H,33,34)(H2,26,27,28,30)/p-1. The van der Waals surface area contributed by atoms with Gasteiger partial charge in [0.1, 0.15) is 11.4 Å². The molecule has 0 spiro atoms. The third-order valence-corrected chi connectivity index (χ3v) is 5.78. The van der Waals surface area contributed by atoms with Crippen molar-refractivity contribution in [1.82, 2.24) is 19.3 Å². The molecule has 0 saturated carbocycles. The molecule has 3 N–H and O–H groups in total. The van der Waals surface area contributed by atoms with Gasteiger partial charge in [0.25, 0.3) is 0 Å². The zero-order chi connectivity index (χ0) is 25.2. The van der Waals surface area contributed by atoms with Crippen LogP contribution >= 0.6 is 0 Å². The Morgan fingerprint density at radius 1 is 1.26 bits per heavy atom. The maximum atomic E-state index is 13.6. The number of nitrogens with one attached hydrogen (secondary N) is 3. The Bertz CT molecular complexity index is 1290. The van der Waals surface area contributed by atoms with Crippen LogP contribution in [0.5, 0.6) is 0 Å². The Morgan fingerprint density at radius 3 is 2.80 bits per heavy atom. The van der Waals surface area contributed by atoms with E-state index < -0.39 is 28.8 Å². The SMILES string of the molecule is CN(Cc1ncccc1CNc1nc(Nc2ccc3c(c2)CC(=O)N3)ncc1C(F)(F)F)S(=O)[O-]. The fourth-order valence-corrected chi connectivity index (χ4v) is 3.67. The zero-order valence-corrected chi connectivity index (χ0v) is 19.0. The minimum Gasteiger partial charge on any atom is -0.760 e. The fourth-order valence-electron chi connectivity index (χ4n) is 3.44. The molecule has 4 rings (SSSR count). The van der Waals surface area contributed by atoms with E-state index in [0.29, 0.717) is 28.8 Å². The molecule has 0 bridgehead atoms. The molecule has 1 atom stereocenters. The number of rotatable bonds is 8. The summed E-state index contributed by atoms with van der Waals surface area (Å²) in [6.07, 6.45) is -2.37. The van der Waals surface area contributed by atoms with E-state index in [0.717, 1.165) is 9.87 Å². The Kier molecular flexibility index (Phi) is 6.95. The van der Waals surface area contributed by atoms with Crippen LogP contribution in [-0.2, 0) is 41.7 Å². The molecule has 1 amide bonds. The predicted molar refractivity (Wildman–Crippen MR) is 121 cm³/mol. The fraction of sp³-hybridized carbons (Fsp3) is 0.238. The van der Waals surface area contributed by atoms with Crippen molar-refractivity contribution in [3.63, 3.8) is 0 Å². The van der Waals surface area contributed by atoms with Gasteiger partial charge in [0.15, 0.2) is 0 Å². The highest BCUT2D eigenvalue weighted by atomic mass is 32.2. The first-order chi connectivity index (χ1) is 16.6. The van der Waals surface area contributed by atoms with Gasteiger partial charge < -0.3 is 20.5 Å². The molecule has 2 aromatic heterocycles. The summed E-state index contributed by atoms with van der Waals surface area (Å²) < 4.78 is 64.0. The van der Waals surface area contributed by atoms with Gasteiger partial charge in [-0.25, -0.2) is 9.29 Å². The smallest absolute Gasteiger partial charge is 0.421 e. The van der Waals surface area contributed by atoms with Crippen LogP contribution in [0.1, 0.15) is 22.4 Å². The first kappa shape index (κ1) is 24.5. The van der Waals surface area contributed by atoms with E-state index in [2.05, 4.69) is 30.9 Å². The third-order valence-electron chi connectivity index (χ3n) is 5.14. The quantitative estimate of drug-likeness (QED) is 0.397. The number of carbonyl (C=O) groups is 1. The molecular weight excluding hydrogens is 487 g/mol. The molecule has 1 aromatic carbocycles. The van der Waals surface area contributed by atoms with Crippen molar-refractivity contribution < 1.29 is 26.7 Å². The number of alkyl halides is 3. The third kappa shape index (κ3) is 5.90. The number of benzene rings is 1. The van der Waals surface area contributed by atoms with E-state index in [1.54, 1.807) is 30.3 Å². The Balaban J connectivity index is 1.57. The summed E-state index contributed by atoms with van der Waals surface area (Å²) >= 11 is -2.48. The summed E-state index contributed by atoms with van der Waals surface area (Å²) in [7, 11) is 1.35. The van der Waals surface area contributed by atoms with Crippen LogP contribution in [0.15, 0.2) is 42.7 Å². The summed E-state index contributed by atoms with van der Waals surface area (Å²) in [6.45, 7) is -0.138. The summed E-state index contributed by atoms with van der Waals surface area (Å²) in [6, 6.07) is 8.25. The first-order valence-corrected chi connectivity index (χ1v) is 11.2. The normalized spacial score (nSPS) is 13.9. The van der Waals surface area contributed by atoms with E-state index in [1.807, 2.05) is 0 Å². The maximum absolute atomic E-state index is 13.6. The van der Waals surface area contributed by atoms with Crippen LogP contribution in [0, 0.1) is 0 Å². The highest BCUT2D eigenvalue weighted by Gasteiger charge is 2.35. The second-order valence-electron chi connectivity index (χ2n) is 7.64. The lowest BCUT2D eigenvalue weighted by Gasteiger charge is -2.20. The minimum atomic E-state index is -4.71. The number of nitrogens with zero attached hydrogens (tertiary/aromatic N) is 4. The van der Waals surface area contributed by atoms with Crippen LogP contribution in [0.3, 0.4) is 0 Å². The van der Waals surface area contributed by atoms with Gasteiger partial charge in [0.2, 0.25) is 11.9 Å². The lowest BCUT2D eigenvalue weighted by atomic mass is 10.1. The topological polar surface area (TPSA) is 135 Å². The summed E-state index contributed by atoms with van der Waals surface area (Å²) in [5, 5.41) is 8.23. The zero-order valence-electron chi connectivity index (χ0n) is 18.2. The van der Waals surface area contributed by atoms with Gasteiger partial charge in [0, 0.05) is 41.6 Å². The van der Waals surface area contributed by atoms with Crippen molar-refractivity contribution in [2.45, 2.75) is 25.7 Å². The molecule has 1 aliphatic heterocycles. The summed E-state index contributed by atoms with van der Waals surface area (Å²) in [5.74, 6) is -0.675. The largest absolute Gasteiger partial charge is 0.760 e. The van der Waals surface area contributed by atoms with Gasteiger partial charge in [-0.1, -0.05) is 6.07 Å². The molecule has 1 unspecified atom stereocenters. The van der Waals surface area contributed by atoms with E-state index in [1.165, 1.54) is 13.2 Å². The Morgan fingerprint density at radius 2 is 2.06 bits per heavy atom. The molecule has 3 aromatic rings. The van der Waals surface area contributed by atoms with Crippen molar-refractivity contribution in [3.05, 3.63) is 65.1 Å². The highest BCUT2D eigenvalue weighted by molar-refractivity contribution is 7.76. The van der Waals surface area contributed by atoms with Crippen LogP contribution in [0.25, 0.3) is 0 Å². The number of hydrogen-bond acceptors (Lipinski definition) is 8. The molecule has 0 fully saturated rings. The molecule has 0 saturated heterocycles. The number of pyridine rings is 1. The maximum Gasteiger partial charge on any atom is 0.421 e. The van der Waals surface area contributed by atoms with Crippen molar-refractivity contribution in [2.75, 3.05) is 23.0 Å². The van der Waals surface area contributed by atoms with Gasteiger partial charge in [-0.15, -0.1) is 0 Å². The molecule has 14 heteroatoms. The summed E-state index contributed by atoms with van der Waals surface area (Å²) in [4.78, 5) is 23.5. The molecule has 35 heavy (non-hydrogen) atoms. The van der Waals surface area contributed by atoms with Gasteiger partial charge in [-0.2, -0.15) is 18.2 Å². The molecule has 3 heterocycles. The predicted octanol–water partition coefficient (Wildman–Crippen LogP) is 2.97. The first-order valence-electron chi connectivity index (χ1n) is 10.2. The molecule has 184 valence electrons. The average Bonchev–Trinajstić information content (AvgIpc) is 3.17. The number of carbonyl (C=O) groups excluding carboxylic acids is 1. The summed E-state index contributed by atoms with van der Waals surface area (Å²) in [5.41, 5.74) is 1.76. The van der Waals surface area contributed by atoms with Crippen LogP contribution in [-0.4, -0.2) is 41.0 Å². The number of halogens is 3.